The van der Waals surface area contributed by atoms with Crippen molar-refractivity contribution in [2.24, 2.45) is 0 Å². The fourth-order valence-corrected chi connectivity index (χ4v) is 3.95. The quantitative estimate of drug-likeness (QED) is 0.518. The second-order valence-corrected chi connectivity index (χ2v) is 7.30. The highest BCUT2D eigenvalue weighted by Crippen LogP contribution is 2.32. The van der Waals surface area contributed by atoms with E-state index >= 15 is 0 Å². The largest absolute Gasteiger partial charge is 0.339 e. The summed E-state index contributed by atoms with van der Waals surface area (Å²) in [5.74, 6) is 1.08. The highest BCUT2D eigenvalue weighted by molar-refractivity contribution is 6.05. The number of carbonyl (C=O) groups excluding carboxylic acids is 1. The molecule has 3 aromatic heterocycles. The standard InChI is InChI=1S/C22H20N6O2/c1-2-18-26-21(27-30-18)17-11-23-13-25-19(17)15-8-10-28(12-15)22(29)20-16-6-4-3-5-14(16)7-9-24-20/h3-7,9,11,13,15H,2,8,10,12H2,1H3/t15-/m0/s1. The van der Waals surface area contributed by atoms with Gasteiger partial charge in [0, 0.05) is 43.2 Å². The van der Waals surface area contributed by atoms with Gasteiger partial charge in [0.15, 0.2) is 0 Å². The number of aryl methyl sites for hydroxylation is 1. The summed E-state index contributed by atoms with van der Waals surface area (Å²) in [5, 5.41) is 5.95. The van der Waals surface area contributed by atoms with Crippen molar-refractivity contribution < 1.29 is 9.32 Å². The van der Waals surface area contributed by atoms with Crippen LogP contribution in [-0.4, -0.2) is 49.0 Å². The minimum Gasteiger partial charge on any atom is -0.339 e. The number of fused-ring (bicyclic) bond motifs is 1. The van der Waals surface area contributed by atoms with Crippen molar-refractivity contribution in [2.45, 2.75) is 25.7 Å². The van der Waals surface area contributed by atoms with Crippen LogP contribution in [0.4, 0.5) is 0 Å². The van der Waals surface area contributed by atoms with Gasteiger partial charge in [0.2, 0.25) is 11.7 Å². The van der Waals surface area contributed by atoms with Gasteiger partial charge in [0.25, 0.3) is 5.91 Å². The Morgan fingerprint density at radius 2 is 2.13 bits per heavy atom. The van der Waals surface area contributed by atoms with Crippen molar-refractivity contribution in [2.75, 3.05) is 13.1 Å². The second kappa shape index (κ2) is 7.62. The van der Waals surface area contributed by atoms with Gasteiger partial charge in [-0.2, -0.15) is 4.98 Å². The van der Waals surface area contributed by atoms with Crippen LogP contribution in [0.1, 0.15) is 41.3 Å². The Kier molecular flexibility index (Phi) is 4.66. The Labute approximate surface area is 173 Å². The van der Waals surface area contributed by atoms with Gasteiger partial charge in [-0.3, -0.25) is 9.78 Å². The summed E-state index contributed by atoms with van der Waals surface area (Å²) < 4.78 is 5.25. The van der Waals surface area contributed by atoms with E-state index in [0.717, 1.165) is 28.5 Å². The van der Waals surface area contributed by atoms with Crippen LogP contribution in [0.15, 0.2) is 53.6 Å². The first-order valence-electron chi connectivity index (χ1n) is 10.0. The molecule has 0 unspecified atom stereocenters. The first-order valence-corrected chi connectivity index (χ1v) is 10.0. The summed E-state index contributed by atoms with van der Waals surface area (Å²) in [6.45, 7) is 3.16. The third-order valence-corrected chi connectivity index (χ3v) is 5.49. The molecule has 30 heavy (non-hydrogen) atoms. The molecule has 0 N–H and O–H groups in total. The molecule has 4 heterocycles. The van der Waals surface area contributed by atoms with Gasteiger partial charge in [-0.15, -0.1) is 0 Å². The highest BCUT2D eigenvalue weighted by atomic mass is 16.5. The molecule has 8 heteroatoms. The van der Waals surface area contributed by atoms with Gasteiger partial charge in [-0.05, 0) is 17.9 Å². The number of amides is 1. The van der Waals surface area contributed by atoms with Crippen LogP contribution in [0.3, 0.4) is 0 Å². The van der Waals surface area contributed by atoms with Crippen molar-refractivity contribution in [3.05, 3.63) is 66.3 Å². The van der Waals surface area contributed by atoms with Crippen LogP contribution in [0.5, 0.6) is 0 Å². The average Bonchev–Trinajstić information content (AvgIpc) is 3.48. The van der Waals surface area contributed by atoms with E-state index in [1.54, 1.807) is 12.4 Å². The maximum Gasteiger partial charge on any atom is 0.273 e. The SMILES string of the molecule is CCc1nc(-c2cncnc2[C@H]2CCN(C(=O)c3nccc4ccccc34)C2)no1. The van der Waals surface area contributed by atoms with E-state index in [0.29, 0.717) is 36.9 Å². The Morgan fingerprint density at radius 3 is 3.00 bits per heavy atom. The van der Waals surface area contributed by atoms with Gasteiger partial charge >= 0.3 is 0 Å². The third kappa shape index (κ3) is 3.20. The van der Waals surface area contributed by atoms with Crippen LogP contribution in [0, 0.1) is 0 Å². The zero-order chi connectivity index (χ0) is 20.5. The normalized spacial score (nSPS) is 16.3. The molecule has 4 aromatic rings. The van der Waals surface area contributed by atoms with Gasteiger partial charge in [0.1, 0.15) is 12.0 Å². The lowest BCUT2D eigenvalue weighted by molar-refractivity contribution is 0.0787. The summed E-state index contributed by atoms with van der Waals surface area (Å²) in [5.41, 5.74) is 2.08. The molecule has 0 aliphatic carbocycles. The minimum absolute atomic E-state index is 0.0577. The minimum atomic E-state index is -0.0577. The van der Waals surface area contributed by atoms with E-state index < -0.39 is 0 Å². The molecule has 1 saturated heterocycles. The topological polar surface area (TPSA) is 97.9 Å². The second-order valence-electron chi connectivity index (χ2n) is 7.30. The average molecular weight is 400 g/mol. The molecule has 1 aromatic carbocycles. The predicted molar refractivity (Wildman–Crippen MR) is 110 cm³/mol. The monoisotopic (exact) mass is 400 g/mol. The first kappa shape index (κ1) is 18.4. The smallest absolute Gasteiger partial charge is 0.273 e. The molecule has 5 rings (SSSR count). The number of carbonyl (C=O) groups is 1. The maximum atomic E-state index is 13.2. The summed E-state index contributed by atoms with van der Waals surface area (Å²) in [6, 6.07) is 9.73. The van der Waals surface area contributed by atoms with Crippen molar-refractivity contribution in [1.29, 1.82) is 0 Å². The lowest BCUT2D eigenvalue weighted by Gasteiger charge is -2.17. The first-order chi connectivity index (χ1) is 14.7. The summed E-state index contributed by atoms with van der Waals surface area (Å²) in [7, 11) is 0. The summed E-state index contributed by atoms with van der Waals surface area (Å²) in [4.78, 5) is 32.5. The van der Waals surface area contributed by atoms with E-state index in [9.17, 15) is 4.79 Å². The molecule has 150 valence electrons. The molecule has 1 atom stereocenters. The van der Waals surface area contributed by atoms with Gasteiger partial charge in [-0.25, -0.2) is 9.97 Å². The lowest BCUT2D eigenvalue weighted by Crippen LogP contribution is -2.29. The number of likely N-dealkylation sites (tertiary alicyclic amines) is 1. The number of nitrogens with zero attached hydrogens (tertiary/aromatic N) is 6. The van der Waals surface area contributed by atoms with Crippen LogP contribution >= 0.6 is 0 Å². The molecular weight excluding hydrogens is 380 g/mol. The number of benzene rings is 1. The molecule has 1 fully saturated rings. The Morgan fingerprint density at radius 1 is 1.23 bits per heavy atom. The summed E-state index contributed by atoms with van der Waals surface area (Å²) in [6.07, 6.45) is 6.39. The fourth-order valence-electron chi connectivity index (χ4n) is 3.95. The maximum absolute atomic E-state index is 13.2. The molecule has 0 saturated carbocycles. The van der Waals surface area contributed by atoms with Crippen molar-refractivity contribution in [1.82, 2.24) is 30.0 Å². The lowest BCUT2D eigenvalue weighted by atomic mass is 10.00. The van der Waals surface area contributed by atoms with Gasteiger partial charge in [0.05, 0.1) is 11.3 Å². The molecule has 0 radical (unpaired) electrons. The van der Waals surface area contributed by atoms with E-state index in [1.165, 1.54) is 6.33 Å². The third-order valence-electron chi connectivity index (χ3n) is 5.49. The molecule has 8 nitrogen and oxygen atoms in total. The van der Waals surface area contributed by atoms with Crippen LogP contribution in [-0.2, 0) is 6.42 Å². The summed E-state index contributed by atoms with van der Waals surface area (Å²) >= 11 is 0. The zero-order valence-electron chi connectivity index (χ0n) is 16.5. The van der Waals surface area contributed by atoms with E-state index in [1.807, 2.05) is 42.2 Å². The van der Waals surface area contributed by atoms with Crippen LogP contribution < -0.4 is 0 Å². The Hall–Kier alpha value is -3.68. The van der Waals surface area contributed by atoms with E-state index in [4.69, 9.17) is 4.52 Å². The number of rotatable bonds is 4. The number of hydrogen-bond donors (Lipinski definition) is 0. The molecule has 1 aliphatic rings. The highest BCUT2D eigenvalue weighted by Gasteiger charge is 2.32. The van der Waals surface area contributed by atoms with Crippen LogP contribution in [0.2, 0.25) is 0 Å². The molecular formula is C22H20N6O2. The predicted octanol–water partition coefficient (Wildman–Crippen LogP) is 3.27. The molecule has 0 bridgehead atoms. The van der Waals surface area contributed by atoms with Gasteiger partial charge in [-0.1, -0.05) is 36.3 Å². The molecule has 0 spiro atoms. The van der Waals surface area contributed by atoms with Crippen molar-refractivity contribution in [3.8, 4) is 11.4 Å². The number of pyridine rings is 1. The Bertz CT molecular complexity index is 1220. The Balaban J connectivity index is 1.42. The number of hydrogen-bond acceptors (Lipinski definition) is 7. The number of aromatic nitrogens is 5. The van der Waals surface area contributed by atoms with Crippen LogP contribution in [0.25, 0.3) is 22.2 Å². The van der Waals surface area contributed by atoms with E-state index in [-0.39, 0.29) is 11.8 Å². The molecule has 1 amide bonds. The zero-order valence-corrected chi connectivity index (χ0v) is 16.5. The van der Waals surface area contributed by atoms with Crippen molar-refractivity contribution >= 4 is 16.7 Å². The fraction of sp³-hybridized carbons (Fsp3) is 0.273. The van der Waals surface area contributed by atoms with E-state index in [2.05, 4.69) is 25.1 Å². The van der Waals surface area contributed by atoms with Gasteiger partial charge < -0.3 is 9.42 Å². The molecule has 1 aliphatic heterocycles. The van der Waals surface area contributed by atoms with Crippen molar-refractivity contribution in [3.63, 3.8) is 0 Å².